The van der Waals surface area contributed by atoms with Crippen molar-refractivity contribution >= 4 is 17.5 Å². The van der Waals surface area contributed by atoms with E-state index in [1.807, 2.05) is 6.92 Å². The molecule has 0 spiro atoms. The number of nitrogens with one attached hydrogen (secondary N) is 1. The minimum absolute atomic E-state index is 0.167. The second-order valence-electron chi connectivity index (χ2n) is 6.27. The molecule has 0 fully saturated rings. The molecule has 7 heteroatoms. The number of ether oxygens (including phenoxy) is 3. The van der Waals surface area contributed by atoms with Crippen LogP contribution in [0.1, 0.15) is 23.7 Å². The van der Waals surface area contributed by atoms with Crippen LogP contribution >= 0.6 is 0 Å². The van der Waals surface area contributed by atoms with Gasteiger partial charge in [-0.2, -0.15) is 0 Å². The fourth-order valence-corrected chi connectivity index (χ4v) is 2.38. The predicted molar refractivity (Wildman–Crippen MR) is 107 cm³/mol. The summed E-state index contributed by atoms with van der Waals surface area (Å²) in [6.07, 6.45) is 0.934. The van der Waals surface area contributed by atoms with Crippen LogP contribution in [-0.4, -0.2) is 51.1 Å². The van der Waals surface area contributed by atoms with Gasteiger partial charge in [-0.25, -0.2) is 0 Å². The van der Waals surface area contributed by atoms with Gasteiger partial charge in [-0.1, -0.05) is 6.92 Å². The summed E-state index contributed by atoms with van der Waals surface area (Å²) in [5.41, 5.74) is 0.858. The van der Waals surface area contributed by atoms with Gasteiger partial charge in [0.05, 0.1) is 19.4 Å². The molecule has 0 radical (unpaired) electrons. The van der Waals surface area contributed by atoms with E-state index >= 15 is 0 Å². The van der Waals surface area contributed by atoms with Crippen LogP contribution in [0.3, 0.4) is 0 Å². The van der Waals surface area contributed by atoms with Crippen molar-refractivity contribution in [1.29, 1.82) is 0 Å². The highest BCUT2D eigenvalue weighted by atomic mass is 16.5. The van der Waals surface area contributed by atoms with Crippen LogP contribution in [-0.2, 0) is 4.79 Å². The Balaban J connectivity index is 1.98. The molecule has 0 saturated heterocycles. The number of amides is 2. The maximum atomic E-state index is 12.3. The van der Waals surface area contributed by atoms with Crippen LogP contribution in [0.4, 0.5) is 5.69 Å². The monoisotopic (exact) mass is 386 g/mol. The molecule has 0 aliphatic rings. The molecule has 28 heavy (non-hydrogen) atoms. The highest BCUT2D eigenvalue weighted by Crippen LogP contribution is 2.26. The first-order chi connectivity index (χ1) is 13.4. The zero-order chi connectivity index (χ0) is 20.5. The van der Waals surface area contributed by atoms with Crippen molar-refractivity contribution in [2.75, 3.05) is 39.7 Å². The molecule has 2 aromatic rings. The zero-order valence-electron chi connectivity index (χ0n) is 16.7. The molecule has 0 bridgehead atoms. The fraction of sp³-hybridized carbons (Fsp3) is 0.333. The lowest BCUT2D eigenvalue weighted by Gasteiger charge is -2.14. The molecule has 1 N–H and O–H groups in total. The van der Waals surface area contributed by atoms with Gasteiger partial charge in [0.1, 0.15) is 17.2 Å². The Labute approximate surface area is 165 Å². The number of hydrogen-bond donors (Lipinski definition) is 1. The van der Waals surface area contributed by atoms with Crippen molar-refractivity contribution in [1.82, 2.24) is 4.90 Å². The zero-order valence-corrected chi connectivity index (χ0v) is 16.7. The summed E-state index contributed by atoms with van der Waals surface area (Å²) >= 11 is 0. The molecule has 0 aliphatic heterocycles. The van der Waals surface area contributed by atoms with E-state index < -0.39 is 0 Å². The van der Waals surface area contributed by atoms with Gasteiger partial charge in [0.25, 0.3) is 11.8 Å². The number of carbonyl (C=O) groups is 2. The number of methoxy groups -OCH3 is 1. The molecule has 2 amide bonds. The van der Waals surface area contributed by atoms with Crippen molar-refractivity contribution in [2.45, 2.75) is 13.3 Å². The van der Waals surface area contributed by atoms with Crippen LogP contribution in [0.25, 0.3) is 0 Å². The molecule has 2 aromatic carbocycles. The van der Waals surface area contributed by atoms with E-state index in [9.17, 15) is 9.59 Å². The lowest BCUT2D eigenvalue weighted by atomic mass is 10.1. The third-order valence-electron chi connectivity index (χ3n) is 3.79. The van der Waals surface area contributed by atoms with E-state index in [1.165, 1.54) is 12.0 Å². The summed E-state index contributed by atoms with van der Waals surface area (Å²) in [6.45, 7) is 2.52. The minimum Gasteiger partial charge on any atom is -0.495 e. The van der Waals surface area contributed by atoms with Gasteiger partial charge in [-0.15, -0.1) is 0 Å². The summed E-state index contributed by atoms with van der Waals surface area (Å²) in [6, 6.07) is 12.0. The number of benzene rings is 2. The van der Waals surface area contributed by atoms with Crippen molar-refractivity contribution in [2.24, 2.45) is 0 Å². The Kier molecular flexibility index (Phi) is 7.68. The number of anilines is 1. The van der Waals surface area contributed by atoms with E-state index in [0.29, 0.717) is 29.4 Å². The van der Waals surface area contributed by atoms with Crippen molar-refractivity contribution < 1.29 is 23.8 Å². The van der Waals surface area contributed by atoms with Gasteiger partial charge in [0, 0.05) is 19.7 Å². The molecule has 0 unspecified atom stereocenters. The average Bonchev–Trinajstić information content (AvgIpc) is 2.70. The Hall–Kier alpha value is -3.22. The van der Waals surface area contributed by atoms with Gasteiger partial charge in [-0.3, -0.25) is 9.59 Å². The Morgan fingerprint density at radius 2 is 1.64 bits per heavy atom. The molecule has 0 heterocycles. The van der Waals surface area contributed by atoms with Crippen LogP contribution in [0.5, 0.6) is 17.2 Å². The standard InChI is InChI=1S/C21H26N2O5/c1-5-12-27-16-7-9-17(10-8-16)28-14-20(24)22-18-13-15(21(25)23(2)3)6-11-19(18)26-4/h6-11,13H,5,12,14H2,1-4H3,(H,22,24). The summed E-state index contributed by atoms with van der Waals surface area (Å²) in [5, 5.41) is 2.72. The molecule has 7 nitrogen and oxygen atoms in total. The number of rotatable bonds is 9. The van der Waals surface area contributed by atoms with Crippen molar-refractivity contribution in [3.8, 4) is 17.2 Å². The summed E-state index contributed by atoms with van der Waals surface area (Å²) in [5.74, 6) is 1.24. The second kappa shape index (κ2) is 10.2. The molecule has 2 rings (SSSR count). The van der Waals surface area contributed by atoms with Crippen LogP contribution in [0.2, 0.25) is 0 Å². The summed E-state index contributed by atoms with van der Waals surface area (Å²) in [7, 11) is 4.82. The normalized spacial score (nSPS) is 10.1. The Morgan fingerprint density at radius 1 is 1.00 bits per heavy atom. The van der Waals surface area contributed by atoms with Gasteiger partial charge in [-0.05, 0) is 48.9 Å². The molecule has 0 saturated carbocycles. The largest absolute Gasteiger partial charge is 0.495 e. The van der Waals surface area contributed by atoms with Gasteiger partial charge in [0.2, 0.25) is 0 Å². The molecule has 0 aliphatic carbocycles. The maximum Gasteiger partial charge on any atom is 0.262 e. The number of nitrogens with zero attached hydrogens (tertiary/aromatic N) is 1. The van der Waals surface area contributed by atoms with Crippen LogP contribution in [0, 0.1) is 0 Å². The number of carbonyl (C=O) groups excluding carboxylic acids is 2. The first-order valence-corrected chi connectivity index (χ1v) is 8.99. The SMILES string of the molecule is CCCOc1ccc(OCC(=O)Nc2cc(C(=O)N(C)C)ccc2OC)cc1. The summed E-state index contributed by atoms with van der Waals surface area (Å²) in [4.78, 5) is 25.9. The van der Waals surface area contributed by atoms with E-state index in [4.69, 9.17) is 14.2 Å². The fourth-order valence-electron chi connectivity index (χ4n) is 2.38. The van der Waals surface area contributed by atoms with Crippen LogP contribution < -0.4 is 19.5 Å². The van der Waals surface area contributed by atoms with Crippen molar-refractivity contribution in [3.63, 3.8) is 0 Å². The summed E-state index contributed by atoms with van der Waals surface area (Å²) < 4.78 is 16.3. The maximum absolute atomic E-state index is 12.3. The molecule has 150 valence electrons. The number of hydrogen-bond acceptors (Lipinski definition) is 5. The first-order valence-electron chi connectivity index (χ1n) is 8.99. The van der Waals surface area contributed by atoms with E-state index in [0.717, 1.165) is 12.2 Å². The van der Waals surface area contributed by atoms with E-state index in [1.54, 1.807) is 56.6 Å². The first kappa shape index (κ1) is 21.1. The van der Waals surface area contributed by atoms with Gasteiger partial charge in [0.15, 0.2) is 6.61 Å². The predicted octanol–water partition coefficient (Wildman–Crippen LogP) is 3.20. The Morgan fingerprint density at radius 3 is 2.21 bits per heavy atom. The average molecular weight is 386 g/mol. The highest BCUT2D eigenvalue weighted by Gasteiger charge is 2.14. The third-order valence-corrected chi connectivity index (χ3v) is 3.79. The van der Waals surface area contributed by atoms with E-state index in [2.05, 4.69) is 5.32 Å². The third kappa shape index (κ3) is 5.90. The topological polar surface area (TPSA) is 77.1 Å². The highest BCUT2D eigenvalue weighted by molar-refractivity contribution is 5.98. The lowest BCUT2D eigenvalue weighted by Crippen LogP contribution is -2.23. The lowest BCUT2D eigenvalue weighted by molar-refractivity contribution is -0.118. The Bertz CT molecular complexity index is 803. The smallest absolute Gasteiger partial charge is 0.262 e. The van der Waals surface area contributed by atoms with Crippen molar-refractivity contribution in [3.05, 3.63) is 48.0 Å². The molecule has 0 aromatic heterocycles. The second-order valence-corrected chi connectivity index (χ2v) is 6.27. The quantitative estimate of drug-likeness (QED) is 0.716. The molecular weight excluding hydrogens is 360 g/mol. The van der Waals surface area contributed by atoms with Crippen LogP contribution in [0.15, 0.2) is 42.5 Å². The molecule has 0 atom stereocenters. The van der Waals surface area contributed by atoms with E-state index in [-0.39, 0.29) is 18.4 Å². The molecular formula is C21H26N2O5. The van der Waals surface area contributed by atoms with Gasteiger partial charge >= 0.3 is 0 Å². The van der Waals surface area contributed by atoms with Gasteiger partial charge < -0.3 is 24.4 Å². The minimum atomic E-state index is -0.362.